The van der Waals surface area contributed by atoms with Gasteiger partial charge in [0.1, 0.15) is 5.60 Å². The molecule has 0 N–H and O–H groups in total. The molecule has 15 heavy (non-hydrogen) atoms. The van der Waals surface area contributed by atoms with Gasteiger partial charge in [0.25, 0.3) is 0 Å². The summed E-state index contributed by atoms with van der Waals surface area (Å²) in [5.41, 5.74) is -0.373. The SMILES string of the molecule is CC[N+](CC)(CC)CC(=O)OC(C)(C)C. The first kappa shape index (κ1) is 14.4. The third-order valence-electron chi connectivity index (χ3n) is 2.90. The molecular formula is C12H26NO2+. The van der Waals surface area contributed by atoms with Crippen LogP contribution in [-0.4, -0.2) is 42.2 Å². The van der Waals surface area contributed by atoms with Gasteiger partial charge in [-0.1, -0.05) is 0 Å². The van der Waals surface area contributed by atoms with Gasteiger partial charge in [-0.3, -0.25) is 0 Å². The molecule has 0 unspecified atom stereocenters. The van der Waals surface area contributed by atoms with Crippen molar-refractivity contribution in [2.24, 2.45) is 0 Å². The molecule has 0 aromatic heterocycles. The molecule has 3 heteroatoms. The summed E-state index contributed by atoms with van der Waals surface area (Å²) in [6.45, 7) is 15.5. The number of likely N-dealkylation sites (N-methyl/N-ethyl adjacent to an activating group) is 1. The fourth-order valence-corrected chi connectivity index (χ4v) is 1.65. The Morgan fingerprint density at radius 2 is 1.47 bits per heavy atom. The second kappa shape index (κ2) is 5.50. The molecule has 0 aliphatic carbocycles. The Labute approximate surface area is 94.0 Å². The highest BCUT2D eigenvalue weighted by atomic mass is 16.6. The summed E-state index contributed by atoms with van der Waals surface area (Å²) in [4.78, 5) is 11.7. The van der Waals surface area contributed by atoms with Gasteiger partial charge < -0.3 is 9.22 Å². The van der Waals surface area contributed by atoms with Crippen molar-refractivity contribution in [1.82, 2.24) is 0 Å². The minimum Gasteiger partial charge on any atom is -0.456 e. The van der Waals surface area contributed by atoms with E-state index in [2.05, 4.69) is 20.8 Å². The first-order valence-corrected chi connectivity index (χ1v) is 5.85. The van der Waals surface area contributed by atoms with Gasteiger partial charge in [0.2, 0.25) is 0 Å². The van der Waals surface area contributed by atoms with E-state index in [1.807, 2.05) is 20.8 Å². The molecule has 0 rings (SSSR count). The van der Waals surface area contributed by atoms with Crippen molar-refractivity contribution < 1.29 is 14.0 Å². The quantitative estimate of drug-likeness (QED) is 0.520. The van der Waals surface area contributed by atoms with Crippen molar-refractivity contribution >= 4 is 5.97 Å². The standard InChI is InChI=1S/C12H26NO2/c1-7-13(8-2,9-3)10-11(14)15-12(4,5)6/h7-10H2,1-6H3/q+1. The predicted molar refractivity (Wildman–Crippen MR) is 62.6 cm³/mol. The van der Waals surface area contributed by atoms with E-state index in [1.54, 1.807) is 0 Å². The summed E-state index contributed by atoms with van der Waals surface area (Å²) in [5, 5.41) is 0. The average Bonchev–Trinajstić information content (AvgIpc) is 2.11. The largest absolute Gasteiger partial charge is 0.456 e. The molecule has 0 atom stereocenters. The third-order valence-corrected chi connectivity index (χ3v) is 2.90. The zero-order valence-electron chi connectivity index (χ0n) is 11.1. The maximum absolute atomic E-state index is 11.7. The fourth-order valence-electron chi connectivity index (χ4n) is 1.65. The minimum absolute atomic E-state index is 0.0898. The zero-order valence-corrected chi connectivity index (χ0v) is 11.1. The molecule has 0 aliphatic heterocycles. The molecule has 0 spiro atoms. The van der Waals surface area contributed by atoms with E-state index >= 15 is 0 Å². The van der Waals surface area contributed by atoms with Gasteiger partial charge in [-0.2, -0.15) is 0 Å². The lowest BCUT2D eigenvalue weighted by Gasteiger charge is -2.35. The van der Waals surface area contributed by atoms with Crippen molar-refractivity contribution in [2.45, 2.75) is 47.1 Å². The van der Waals surface area contributed by atoms with Crippen molar-refractivity contribution in [3.8, 4) is 0 Å². The molecule has 0 amide bonds. The Morgan fingerprint density at radius 3 is 1.73 bits per heavy atom. The number of quaternary nitrogens is 1. The van der Waals surface area contributed by atoms with Crippen LogP contribution in [0.5, 0.6) is 0 Å². The van der Waals surface area contributed by atoms with Crippen LogP contribution in [0.3, 0.4) is 0 Å². The number of carbonyl (C=O) groups is 1. The first-order valence-electron chi connectivity index (χ1n) is 5.85. The number of ether oxygens (including phenoxy) is 1. The second-order valence-corrected chi connectivity index (χ2v) is 5.03. The average molecular weight is 216 g/mol. The summed E-state index contributed by atoms with van der Waals surface area (Å²) < 4.78 is 6.16. The number of carbonyl (C=O) groups excluding carboxylic acids is 1. The normalized spacial score (nSPS) is 12.7. The van der Waals surface area contributed by atoms with Crippen molar-refractivity contribution in [3.05, 3.63) is 0 Å². The third kappa shape index (κ3) is 5.17. The lowest BCUT2D eigenvalue weighted by atomic mass is 10.2. The van der Waals surface area contributed by atoms with E-state index in [4.69, 9.17) is 4.74 Å². The highest BCUT2D eigenvalue weighted by Gasteiger charge is 2.28. The highest BCUT2D eigenvalue weighted by Crippen LogP contribution is 2.11. The van der Waals surface area contributed by atoms with Gasteiger partial charge in [0.05, 0.1) is 19.6 Å². The van der Waals surface area contributed by atoms with Gasteiger partial charge >= 0.3 is 5.97 Å². The molecule has 90 valence electrons. The fraction of sp³-hybridized carbons (Fsp3) is 0.917. The maximum Gasteiger partial charge on any atom is 0.362 e. The van der Waals surface area contributed by atoms with Crippen LogP contribution in [0.4, 0.5) is 0 Å². The van der Waals surface area contributed by atoms with Crippen molar-refractivity contribution in [1.29, 1.82) is 0 Å². The van der Waals surface area contributed by atoms with E-state index in [1.165, 1.54) is 0 Å². The Kier molecular flexibility index (Phi) is 5.29. The van der Waals surface area contributed by atoms with Crippen LogP contribution in [0.25, 0.3) is 0 Å². The molecule has 0 aromatic rings. The summed E-state index contributed by atoms with van der Waals surface area (Å²) in [7, 11) is 0. The molecule has 0 heterocycles. The van der Waals surface area contributed by atoms with Crippen LogP contribution >= 0.6 is 0 Å². The number of hydrogen-bond acceptors (Lipinski definition) is 2. The number of nitrogens with zero attached hydrogens (tertiary/aromatic N) is 1. The number of rotatable bonds is 5. The van der Waals surface area contributed by atoms with E-state index in [-0.39, 0.29) is 11.6 Å². The van der Waals surface area contributed by atoms with Crippen LogP contribution in [0.15, 0.2) is 0 Å². The zero-order chi connectivity index (χ0) is 12.1. The summed E-state index contributed by atoms with van der Waals surface area (Å²) in [5.74, 6) is -0.0898. The van der Waals surface area contributed by atoms with Crippen LogP contribution in [0.2, 0.25) is 0 Å². The molecule has 0 radical (unpaired) electrons. The first-order chi connectivity index (χ1) is 6.78. The van der Waals surface area contributed by atoms with E-state index in [9.17, 15) is 4.79 Å². The van der Waals surface area contributed by atoms with Crippen molar-refractivity contribution in [2.75, 3.05) is 26.2 Å². The summed E-state index contributed by atoms with van der Waals surface area (Å²) >= 11 is 0. The monoisotopic (exact) mass is 216 g/mol. The van der Waals surface area contributed by atoms with Crippen LogP contribution in [0.1, 0.15) is 41.5 Å². The van der Waals surface area contributed by atoms with Crippen LogP contribution in [0, 0.1) is 0 Å². The molecular weight excluding hydrogens is 190 g/mol. The van der Waals surface area contributed by atoms with Crippen molar-refractivity contribution in [3.63, 3.8) is 0 Å². The number of esters is 1. The molecule has 0 bridgehead atoms. The molecule has 0 aromatic carbocycles. The smallest absolute Gasteiger partial charge is 0.362 e. The summed E-state index contributed by atoms with van der Waals surface area (Å²) in [6, 6.07) is 0. The predicted octanol–water partition coefficient (Wildman–Crippen LogP) is 2.20. The molecule has 0 aliphatic rings. The van der Waals surface area contributed by atoms with Gasteiger partial charge in [0.15, 0.2) is 6.54 Å². The van der Waals surface area contributed by atoms with Crippen LogP contribution < -0.4 is 0 Å². The second-order valence-electron chi connectivity index (χ2n) is 5.03. The Hall–Kier alpha value is -0.570. The molecule has 0 saturated heterocycles. The Balaban J connectivity index is 4.36. The van der Waals surface area contributed by atoms with E-state index in [0.29, 0.717) is 6.54 Å². The van der Waals surface area contributed by atoms with Gasteiger partial charge in [-0.25, -0.2) is 4.79 Å². The topological polar surface area (TPSA) is 26.3 Å². The van der Waals surface area contributed by atoms with Gasteiger partial charge in [-0.15, -0.1) is 0 Å². The Bertz CT molecular complexity index is 194. The molecule has 0 saturated carbocycles. The highest BCUT2D eigenvalue weighted by molar-refractivity contribution is 5.71. The van der Waals surface area contributed by atoms with E-state index in [0.717, 1.165) is 24.1 Å². The van der Waals surface area contributed by atoms with Gasteiger partial charge in [0, 0.05) is 0 Å². The van der Waals surface area contributed by atoms with Crippen LogP contribution in [-0.2, 0) is 9.53 Å². The van der Waals surface area contributed by atoms with Gasteiger partial charge in [-0.05, 0) is 41.5 Å². The number of hydrogen-bond donors (Lipinski definition) is 0. The lowest BCUT2D eigenvalue weighted by molar-refractivity contribution is -0.916. The maximum atomic E-state index is 11.7. The lowest BCUT2D eigenvalue weighted by Crippen LogP contribution is -2.51. The minimum atomic E-state index is -0.373. The Morgan fingerprint density at radius 1 is 1.07 bits per heavy atom. The molecule has 0 fully saturated rings. The van der Waals surface area contributed by atoms with E-state index < -0.39 is 0 Å². The molecule has 3 nitrogen and oxygen atoms in total. The summed E-state index contributed by atoms with van der Waals surface area (Å²) in [6.07, 6.45) is 0.